The molecule has 0 aliphatic heterocycles. The molecular weight excluding hydrogens is 449 g/mol. The van der Waals surface area contributed by atoms with E-state index in [1.54, 1.807) is 31.2 Å². The largest absolute Gasteiger partial charge is 0.493 e. The number of carbonyl (C=O) groups excluding carboxylic acids is 1. The normalized spacial score (nSPS) is 12.6. The Morgan fingerprint density at radius 3 is 2.59 bits per heavy atom. The van der Waals surface area contributed by atoms with Crippen LogP contribution in [0.25, 0.3) is 6.08 Å². The lowest BCUT2D eigenvalue weighted by Gasteiger charge is -2.15. The van der Waals surface area contributed by atoms with Gasteiger partial charge >= 0.3 is 6.18 Å². The van der Waals surface area contributed by atoms with Gasteiger partial charge in [-0.1, -0.05) is 23.4 Å². The molecule has 1 heterocycles. The molecule has 34 heavy (non-hydrogen) atoms. The van der Waals surface area contributed by atoms with Crippen molar-refractivity contribution < 1.29 is 32.0 Å². The molecule has 0 spiro atoms. The fourth-order valence-electron chi connectivity index (χ4n) is 3.27. The van der Waals surface area contributed by atoms with Crippen molar-refractivity contribution in [2.75, 3.05) is 7.11 Å². The minimum absolute atomic E-state index is 0.266. The van der Waals surface area contributed by atoms with Crippen LogP contribution in [-0.2, 0) is 17.6 Å². The molecule has 1 amide bonds. The molecule has 1 aromatic heterocycles. The van der Waals surface area contributed by atoms with Crippen LogP contribution < -0.4 is 14.8 Å². The van der Waals surface area contributed by atoms with Crippen LogP contribution in [0.2, 0.25) is 0 Å². The molecule has 3 aromatic rings. The summed E-state index contributed by atoms with van der Waals surface area (Å²) < 4.78 is 55.1. The number of alkyl halides is 3. The number of halogens is 3. The van der Waals surface area contributed by atoms with Gasteiger partial charge in [-0.05, 0) is 62.2 Å². The smallest absolute Gasteiger partial charge is 0.416 e. The summed E-state index contributed by atoms with van der Waals surface area (Å²) in [6, 6.07) is 9.46. The van der Waals surface area contributed by atoms with Crippen LogP contribution in [0, 0.1) is 13.8 Å². The molecule has 3 rings (SSSR count). The second-order valence-electron chi connectivity index (χ2n) is 7.69. The molecule has 0 fully saturated rings. The molecule has 0 aliphatic carbocycles. The van der Waals surface area contributed by atoms with Crippen LogP contribution in [0.5, 0.6) is 11.5 Å². The summed E-state index contributed by atoms with van der Waals surface area (Å²) in [5.41, 5.74) is 1.89. The molecule has 1 N–H and O–H groups in total. The molecule has 180 valence electrons. The van der Waals surface area contributed by atoms with E-state index >= 15 is 0 Å². The van der Waals surface area contributed by atoms with E-state index < -0.39 is 23.7 Å². The van der Waals surface area contributed by atoms with Crippen molar-refractivity contribution in [3.8, 4) is 11.5 Å². The van der Waals surface area contributed by atoms with Gasteiger partial charge in [0.05, 0.1) is 30.0 Å². The first-order valence-electron chi connectivity index (χ1n) is 10.5. The summed E-state index contributed by atoms with van der Waals surface area (Å²) in [6.45, 7) is 5.53. The van der Waals surface area contributed by atoms with Crippen molar-refractivity contribution in [3.05, 3.63) is 82.2 Å². The van der Waals surface area contributed by atoms with E-state index in [-0.39, 0.29) is 6.61 Å². The Morgan fingerprint density at radius 2 is 1.94 bits per heavy atom. The molecular formula is C25H25F3N2O4. The molecule has 1 unspecified atom stereocenters. The topological polar surface area (TPSA) is 73.6 Å². The zero-order valence-electron chi connectivity index (χ0n) is 19.2. The van der Waals surface area contributed by atoms with Gasteiger partial charge in [0.1, 0.15) is 12.4 Å². The van der Waals surface area contributed by atoms with E-state index in [0.29, 0.717) is 28.4 Å². The molecule has 0 saturated heterocycles. The van der Waals surface area contributed by atoms with E-state index in [1.165, 1.54) is 25.3 Å². The first-order valence-corrected chi connectivity index (χ1v) is 10.5. The molecule has 0 radical (unpaired) electrons. The highest BCUT2D eigenvalue weighted by molar-refractivity contribution is 5.92. The van der Waals surface area contributed by atoms with Crippen molar-refractivity contribution in [2.45, 2.75) is 39.6 Å². The van der Waals surface area contributed by atoms with Gasteiger partial charge < -0.3 is 19.3 Å². The van der Waals surface area contributed by atoms with Crippen molar-refractivity contribution in [2.24, 2.45) is 0 Å². The van der Waals surface area contributed by atoms with E-state index in [0.717, 1.165) is 23.4 Å². The van der Waals surface area contributed by atoms with E-state index in [4.69, 9.17) is 14.0 Å². The molecule has 0 bridgehead atoms. The Morgan fingerprint density at radius 1 is 1.18 bits per heavy atom. The molecule has 0 aliphatic rings. The van der Waals surface area contributed by atoms with Crippen LogP contribution in [0.1, 0.15) is 46.7 Å². The molecule has 1 atom stereocenters. The minimum atomic E-state index is -4.44. The lowest BCUT2D eigenvalue weighted by atomic mass is 10.0. The SMILES string of the molecule is COc1cc(/C=C/C(=O)NC(C)c2cccc(C(F)(F)F)c2)ccc1OCc1c(C)noc1C. The average Bonchev–Trinajstić information content (AvgIpc) is 3.13. The Labute approximate surface area is 195 Å². The lowest BCUT2D eigenvalue weighted by molar-refractivity contribution is -0.137. The summed E-state index contributed by atoms with van der Waals surface area (Å²) in [7, 11) is 1.51. The van der Waals surface area contributed by atoms with Gasteiger partial charge in [-0.3, -0.25) is 4.79 Å². The number of carbonyl (C=O) groups is 1. The van der Waals surface area contributed by atoms with Crippen molar-refractivity contribution in [1.29, 1.82) is 0 Å². The second kappa shape index (κ2) is 10.5. The third-order valence-electron chi connectivity index (χ3n) is 5.24. The monoisotopic (exact) mass is 474 g/mol. The number of aryl methyl sites for hydroxylation is 2. The van der Waals surface area contributed by atoms with Gasteiger partial charge in [0, 0.05) is 6.08 Å². The van der Waals surface area contributed by atoms with Gasteiger partial charge in [0.2, 0.25) is 5.91 Å². The van der Waals surface area contributed by atoms with Crippen LogP contribution >= 0.6 is 0 Å². The molecule has 0 saturated carbocycles. The average molecular weight is 474 g/mol. The van der Waals surface area contributed by atoms with Crippen LogP contribution in [0.15, 0.2) is 53.1 Å². The third kappa shape index (κ3) is 6.18. The standard InChI is InChI=1S/C25H25F3N2O4/c1-15(19-6-5-7-20(13-19)25(26,27)28)29-24(31)11-9-18-8-10-22(23(12-18)32-4)33-14-21-16(2)30-34-17(21)3/h5-13,15H,14H2,1-4H3,(H,29,31)/b11-9+. The van der Waals surface area contributed by atoms with E-state index in [2.05, 4.69) is 10.5 Å². The number of amides is 1. The number of ether oxygens (including phenoxy) is 2. The van der Waals surface area contributed by atoms with Crippen LogP contribution in [0.4, 0.5) is 13.2 Å². The fourth-order valence-corrected chi connectivity index (χ4v) is 3.27. The Balaban J connectivity index is 1.64. The van der Waals surface area contributed by atoms with Crippen LogP contribution in [0.3, 0.4) is 0 Å². The summed E-state index contributed by atoms with van der Waals surface area (Å²) in [5, 5.41) is 6.57. The number of nitrogens with zero attached hydrogens (tertiary/aromatic N) is 1. The number of nitrogens with one attached hydrogen (secondary N) is 1. The third-order valence-corrected chi connectivity index (χ3v) is 5.24. The van der Waals surface area contributed by atoms with E-state index in [9.17, 15) is 18.0 Å². The molecule has 9 heteroatoms. The van der Waals surface area contributed by atoms with Gasteiger partial charge in [-0.25, -0.2) is 0 Å². The summed E-state index contributed by atoms with van der Waals surface area (Å²) in [6.07, 6.45) is -1.56. The molecule has 6 nitrogen and oxygen atoms in total. The summed E-state index contributed by atoms with van der Waals surface area (Å²) in [5.74, 6) is 1.23. The van der Waals surface area contributed by atoms with Gasteiger partial charge in [-0.15, -0.1) is 0 Å². The minimum Gasteiger partial charge on any atom is -0.493 e. The predicted molar refractivity (Wildman–Crippen MR) is 120 cm³/mol. The fraction of sp³-hybridized carbons (Fsp3) is 0.280. The number of benzene rings is 2. The summed E-state index contributed by atoms with van der Waals surface area (Å²) >= 11 is 0. The number of methoxy groups -OCH3 is 1. The highest BCUT2D eigenvalue weighted by Crippen LogP contribution is 2.31. The second-order valence-corrected chi connectivity index (χ2v) is 7.69. The quantitative estimate of drug-likeness (QED) is 0.419. The zero-order chi connectivity index (χ0) is 24.9. The van der Waals surface area contributed by atoms with Gasteiger partial charge in [-0.2, -0.15) is 13.2 Å². The number of hydrogen-bond donors (Lipinski definition) is 1. The first-order chi connectivity index (χ1) is 16.1. The number of aromatic nitrogens is 1. The van der Waals surface area contributed by atoms with Gasteiger partial charge in [0.25, 0.3) is 0 Å². The maximum atomic E-state index is 12.9. The lowest BCUT2D eigenvalue weighted by Crippen LogP contribution is -2.24. The Kier molecular flexibility index (Phi) is 7.65. The van der Waals surface area contributed by atoms with Crippen molar-refractivity contribution >= 4 is 12.0 Å². The Hall–Kier alpha value is -3.75. The van der Waals surface area contributed by atoms with Gasteiger partial charge in [0.15, 0.2) is 11.5 Å². The highest BCUT2D eigenvalue weighted by Gasteiger charge is 2.30. The van der Waals surface area contributed by atoms with E-state index in [1.807, 2.05) is 13.8 Å². The predicted octanol–water partition coefficient (Wildman–Crippen LogP) is 5.79. The van der Waals surface area contributed by atoms with Crippen molar-refractivity contribution in [3.63, 3.8) is 0 Å². The molecule has 2 aromatic carbocycles. The van der Waals surface area contributed by atoms with Crippen LogP contribution in [-0.4, -0.2) is 18.2 Å². The maximum absolute atomic E-state index is 12.9. The number of rotatable bonds is 8. The van der Waals surface area contributed by atoms with Crippen molar-refractivity contribution in [1.82, 2.24) is 10.5 Å². The summed E-state index contributed by atoms with van der Waals surface area (Å²) in [4.78, 5) is 12.3. The first kappa shape index (κ1) is 24.9. The maximum Gasteiger partial charge on any atom is 0.416 e. The highest BCUT2D eigenvalue weighted by atomic mass is 19.4. The Bertz CT molecular complexity index is 1170. The zero-order valence-corrected chi connectivity index (χ0v) is 19.2. The number of hydrogen-bond acceptors (Lipinski definition) is 5.